The fraction of sp³-hybridized carbons (Fsp3) is 0.636. The number of morpholine rings is 1. The van der Waals surface area contributed by atoms with Crippen LogP contribution in [0, 0.1) is 0 Å². The van der Waals surface area contributed by atoms with Crippen LogP contribution in [0.3, 0.4) is 0 Å². The Hall–Kier alpha value is -1.96. The summed E-state index contributed by atoms with van der Waals surface area (Å²) < 4.78 is 5.44. The van der Waals surface area contributed by atoms with Crippen LogP contribution in [0.25, 0.3) is 0 Å². The molecule has 1 aliphatic carbocycles. The molecule has 1 saturated carbocycles. The highest BCUT2D eigenvalue weighted by atomic mass is 16.5. The van der Waals surface area contributed by atoms with Gasteiger partial charge in [0.1, 0.15) is 6.04 Å². The van der Waals surface area contributed by atoms with Crippen molar-refractivity contribution < 1.29 is 14.3 Å². The number of nitrogens with two attached hydrogens (primary N) is 1. The Kier molecular flexibility index (Phi) is 4.84. The summed E-state index contributed by atoms with van der Waals surface area (Å²) >= 11 is 0. The Bertz CT molecular complexity index is 786. The molecule has 2 N–H and O–H groups in total. The third-order valence-electron chi connectivity index (χ3n) is 7.19. The molecule has 0 bridgehead atoms. The third-order valence-corrected chi connectivity index (χ3v) is 7.19. The van der Waals surface area contributed by atoms with Crippen LogP contribution in [0.5, 0.6) is 0 Å². The van der Waals surface area contributed by atoms with E-state index in [0.29, 0.717) is 12.2 Å². The minimum Gasteiger partial charge on any atom is -0.379 e. The maximum absolute atomic E-state index is 12.9. The van der Waals surface area contributed by atoms with Gasteiger partial charge in [0.05, 0.1) is 18.9 Å². The van der Waals surface area contributed by atoms with Crippen molar-refractivity contribution in [3.05, 3.63) is 29.8 Å². The van der Waals surface area contributed by atoms with Crippen LogP contribution in [-0.4, -0.2) is 73.2 Å². The second-order valence-corrected chi connectivity index (χ2v) is 8.93. The third kappa shape index (κ3) is 3.35. The molecule has 2 atom stereocenters. The van der Waals surface area contributed by atoms with E-state index >= 15 is 0 Å². The molecule has 0 spiro atoms. The number of piperidine rings is 1. The minimum absolute atomic E-state index is 0.177. The summed E-state index contributed by atoms with van der Waals surface area (Å²) in [7, 11) is 0. The van der Waals surface area contributed by atoms with Gasteiger partial charge in [-0.15, -0.1) is 0 Å². The van der Waals surface area contributed by atoms with Crippen LogP contribution in [0.15, 0.2) is 24.3 Å². The quantitative estimate of drug-likeness (QED) is 0.764. The lowest BCUT2D eigenvalue weighted by molar-refractivity contribution is -0.120. The molecular weight excluding hydrogens is 368 g/mol. The molecule has 0 unspecified atom stereocenters. The Labute approximate surface area is 171 Å². The van der Waals surface area contributed by atoms with Gasteiger partial charge in [-0.05, 0) is 61.8 Å². The highest BCUT2D eigenvalue weighted by molar-refractivity contribution is 6.21. The number of ether oxygens (including phenoxy) is 1. The van der Waals surface area contributed by atoms with Crippen LogP contribution in [0.2, 0.25) is 0 Å². The smallest absolute Gasteiger partial charge is 0.332 e. The zero-order chi connectivity index (χ0) is 20.0. The molecule has 0 aromatic heterocycles. The van der Waals surface area contributed by atoms with Gasteiger partial charge in [-0.3, -0.25) is 9.69 Å². The fourth-order valence-electron chi connectivity index (χ4n) is 5.14. The fourth-order valence-corrected chi connectivity index (χ4v) is 5.14. The summed E-state index contributed by atoms with van der Waals surface area (Å²) in [6, 6.07) is 7.10. The van der Waals surface area contributed by atoms with E-state index in [1.165, 1.54) is 23.3 Å². The van der Waals surface area contributed by atoms with Crippen LogP contribution in [0.1, 0.15) is 37.7 Å². The van der Waals surface area contributed by atoms with Crippen molar-refractivity contribution in [1.29, 1.82) is 0 Å². The highest BCUT2D eigenvalue weighted by Gasteiger charge is 2.50. The van der Waals surface area contributed by atoms with Gasteiger partial charge in [0.25, 0.3) is 5.91 Å². The van der Waals surface area contributed by atoms with Gasteiger partial charge < -0.3 is 15.4 Å². The van der Waals surface area contributed by atoms with E-state index < -0.39 is 6.04 Å². The van der Waals surface area contributed by atoms with Gasteiger partial charge in [-0.2, -0.15) is 0 Å². The summed E-state index contributed by atoms with van der Waals surface area (Å²) in [5, 5.41) is 0. The van der Waals surface area contributed by atoms with Crippen molar-refractivity contribution >= 4 is 17.6 Å². The topological polar surface area (TPSA) is 79.1 Å². The van der Waals surface area contributed by atoms with E-state index in [4.69, 9.17) is 10.5 Å². The molecule has 5 rings (SSSR count). The number of anilines is 1. The monoisotopic (exact) mass is 398 g/mol. The number of hydrogen-bond donors (Lipinski definition) is 1. The van der Waals surface area contributed by atoms with E-state index in [0.717, 1.165) is 52.1 Å². The van der Waals surface area contributed by atoms with E-state index in [9.17, 15) is 9.59 Å². The highest BCUT2D eigenvalue weighted by Crippen LogP contribution is 2.51. The summed E-state index contributed by atoms with van der Waals surface area (Å²) in [6.45, 7) is 5.43. The Morgan fingerprint density at radius 1 is 1.07 bits per heavy atom. The normalized spacial score (nSPS) is 29.3. The van der Waals surface area contributed by atoms with E-state index in [1.54, 1.807) is 4.90 Å². The van der Waals surface area contributed by atoms with Gasteiger partial charge in [-0.25, -0.2) is 9.69 Å². The van der Waals surface area contributed by atoms with Crippen LogP contribution < -0.4 is 10.6 Å². The summed E-state index contributed by atoms with van der Waals surface area (Å²) in [5.41, 5.74) is 8.39. The number of carbonyl (C=O) groups is 2. The van der Waals surface area contributed by atoms with E-state index in [1.807, 2.05) is 12.1 Å². The first-order valence-electron chi connectivity index (χ1n) is 10.9. The zero-order valence-electron chi connectivity index (χ0n) is 16.9. The van der Waals surface area contributed by atoms with Crippen molar-refractivity contribution in [2.24, 2.45) is 5.73 Å². The second-order valence-electron chi connectivity index (χ2n) is 8.93. The second kappa shape index (κ2) is 7.38. The molecule has 1 aromatic carbocycles. The lowest BCUT2D eigenvalue weighted by Crippen LogP contribution is -2.52. The van der Waals surface area contributed by atoms with Crippen molar-refractivity contribution in [3.63, 3.8) is 0 Å². The average molecular weight is 399 g/mol. The molecule has 29 heavy (non-hydrogen) atoms. The van der Waals surface area contributed by atoms with E-state index in [-0.39, 0.29) is 23.4 Å². The largest absolute Gasteiger partial charge is 0.379 e. The van der Waals surface area contributed by atoms with Gasteiger partial charge in [0.15, 0.2) is 0 Å². The van der Waals surface area contributed by atoms with Crippen molar-refractivity contribution in [3.8, 4) is 0 Å². The van der Waals surface area contributed by atoms with Crippen molar-refractivity contribution in [2.75, 3.05) is 44.3 Å². The van der Waals surface area contributed by atoms with E-state index in [2.05, 4.69) is 17.0 Å². The molecule has 156 valence electrons. The van der Waals surface area contributed by atoms with Crippen LogP contribution >= 0.6 is 0 Å². The molecule has 7 nitrogen and oxygen atoms in total. The van der Waals surface area contributed by atoms with Crippen molar-refractivity contribution in [2.45, 2.75) is 49.6 Å². The SMILES string of the molecule is N[C@@H]1CCCN2C(=O)N(c3ccc(C4(CCN5CCOCC5)CC4)cc3)C(=O)[C@H]12. The molecule has 1 aromatic rings. The van der Waals surface area contributed by atoms with Gasteiger partial charge in [0.2, 0.25) is 0 Å². The first-order chi connectivity index (χ1) is 14.1. The van der Waals surface area contributed by atoms with Crippen LogP contribution in [0.4, 0.5) is 10.5 Å². The number of benzene rings is 1. The van der Waals surface area contributed by atoms with Gasteiger partial charge in [-0.1, -0.05) is 12.1 Å². The Morgan fingerprint density at radius 3 is 2.45 bits per heavy atom. The molecule has 3 amide bonds. The minimum atomic E-state index is -0.501. The predicted molar refractivity (Wildman–Crippen MR) is 110 cm³/mol. The average Bonchev–Trinajstić information content (AvgIpc) is 3.49. The summed E-state index contributed by atoms with van der Waals surface area (Å²) in [4.78, 5) is 31.2. The maximum Gasteiger partial charge on any atom is 0.332 e. The molecule has 0 radical (unpaired) electrons. The zero-order valence-corrected chi connectivity index (χ0v) is 16.9. The first kappa shape index (κ1) is 19.0. The number of fused-ring (bicyclic) bond motifs is 1. The first-order valence-corrected chi connectivity index (χ1v) is 10.9. The number of nitrogens with zero attached hydrogens (tertiary/aromatic N) is 3. The lowest BCUT2D eigenvalue weighted by Gasteiger charge is -2.31. The molecule has 3 aliphatic heterocycles. The number of imide groups is 1. The standard InChI is InChI=1S/C22H30N4O3/c23-18-2-1-10-25-19(18)20(27)26(21(25)28)17-5-3-16(4-6-17)22(7-8-22)9-11-24-12-14-29-15-13-24/h3-6,18-19H,1-2,7-15,23H2/t18-,19+/m1/s1. The van der Waals surface area contributed by atoms with Crippen molar-refractivity contribution in [1.82, 2.24) is 9.80 Å². The number of carbonyl (C=O) groups excluding carboxylic acids is 2. The van der Waals surface area contributed by atoms with Gasteiger partial charge in [0, 0.05) is 25.7 Å². The molecule has 7 heteroatoms. The predicted octanol–water partition coefficient (Wildman–Crippen LogP) is 1.70. The molecule has 3 heterocycles. The molecular formula is C22H30N4O3. The molecule has 4 aliphatic rings. The van der Waals surface area contributed by atoms with Gasteiger partial charge >= 0.3 is 6.03 Å². The van der Waals surface area contributed by atoms with Crippen LogP contribution in [-0.2, 0) is 14.9 Å². The number of amides is 3. The Morgan fingerprint density at radius 2 is 1.79 bits per heavy atom. The number of rotatable bonds is 5. The maximum atomic E-state index is 12.9. The number of urea groups is 1. The lowest BCUT2D eigenvalue weighted by atomic mass is 9.92. The summed E-state index contributed by atoms with van der Waals surface area (Å²) in [5.74, 6) is -0.177. The molecule has 4 fully saturated rings. The molecule has 3 saturated heterocycles. The number of hydrogen-bond acceptors (Lipinski definition) is 5. The Balaban J connectivity index is 1.29. The summed E-state index contributed by atoms with van der Waals surface area (Å²) in [6.07, 6.45) is 5.22.